The number of nitrogens with zero attached hydrogens (tertiary/aromatic N) is 3. The van der Waals surface area contributed by atoms with Gasteiger partial charge in [0.05, 0.1) is 30.1 Å². The zero-order valence-electron chi connectivity index (χ0n) is 9.46. The summed E-state index contributed by atoms with van der Waals surface area (Å²) in [6.45, 7) is 2.44. The Morgan fingerprint density at radius 1 is 1.35 bits per heavy atom. The molecule has 1 N–H and O–H groups in total. The summed E-state index contributed by atoms with van der Waals surface area (Å²) in [5, 5.41) is 16.5. The molecule has 2 rings (SSSR count). The van der Waals surface area contributed by atoms with Crippen LogP contribution >= 0.6 is 11.3 Å². The first-order valence-corrected chi connectivity index (χ1v) is 6.13. The van der Waals surface area contributed by atoms with Crippen LogP contribution in [-0.2, 0) is 13.0 Å². The average Bonchev–Trinajstić information content (AvgIpc) is 2.76. The van der Waals surface area contributed by atoms with Gasteiger partial charge in [-0.05, 0) is 13.0 Å². The molecule has 2 aromatic rings. The predicted octanol–water partition coefficient (Wildman–Crippen LogP) is 1.36. The highest BCUT2D eigenvalue weighted by molar-refractivity contribution is 7.09. The highest BCUT2D eigenvalue weighted by Crippen LogP contribution is 2.13. The van der Waals surface area contributed by atoms with Crippen LogP contribution in [0.15, 0.2) is 17.6 Å². The number of hydrogen-bond acceptors (Lipinski definition) is 6. The molecular formula is C11H13N3O2S. The molecule has 0 spiro atoms. The van der Waals surface area contributed by atoms with Crippen molar-refractivity contribution in [2.75, 3.05) is 6.61 Å². The molecule has 90 valence electrons. The maximum atomic E-state index is 8.81. The van der Waals surface area contributed by atoms with Gasteiger partial charge in [-0.1, -0.05) is 0 Å². The minimum absolute atomic E-state index is 0.104. The molecule has 17 heavy (non-hydrogen) atoms. The second-order valence-electron chi connectivity index (χ2n) is 3.48. The van der Waals surface area contributed by atoms with E-state index < -0.39 is 0 Å². The molecule has 0 radical (unpaired) electrons. The Bertz CT molecular complexity index is 470. The maximum absolute atomic E-state index is 8.81. The van der Waals surface area contributed by atoms with Gasteiger partial charge in [0.2, 0.25) is 5.88 Å². The SMILES string of the molecule is Cc1ncsc1CCOc1ccc(CO)nn1. The number of ether oxygens (including phenoxy) is 1. The molecule has 0 unspecified atom stereocenters. The van der Waals surface area contributed by atoms with Crippen molar-refractivity contribution in [1.29, 1.82) is 0 Å². The van der Waals surface area contributed by atoms with Gasteiger partial charge in [0.15, 0.2) is 0 Å². The van der Waals surface area contributed by atoms with Gasteiger partial charge in [0.25, 0.3) is 0 Å². The van der Waals surface area contributed by atoms with Gasteiger partial charge in [0, 0.05) is 17.4 Å². The van der Waals surface area contributed by atoms with Crippen LogP contribution in [0.2, 0.25) is 0 Å². The lowest BCUT2D eigenvalue weighted by molar-refractivity contribution is 0.271. The molecule has 0 saturated carbocycles. The first-order chi connectivity index (χ1) is 8.29. The first-order valence-electron chi connectivity index (χ1n) is 5.25. The number of hydrogen-bond donors (Lipinski definition) is 1. The van der Waals surface area contributed by atoms with Crippen LogP contribution in [-0.4, -0.2) is 26.9 Å². The van der Waals surface area contributed by atoms with Crippen molar-refractivity contribution < 1.29 is 9.84 Å². The summed E-state index contributed by atoms with van der Waals surface area (Å²) in [6, 6.07) is 3.40. The van der Waals surface area contributed by atoms with Crippen LogP contribution in [0.25, 0.3) is 0 Å². The van der Waals surface area contributed by atoms with Crippen molar-refractivity contribution in [3.05, 3.63) is 33.9 Å². The van der Waals surface area contributed by atoms with Gasteiger partial charge in [-0.15, -0.1) is 21.5 Å². The summed E-state index contributed by atoms with van der Waals surface area (Å²) in [5.74, 6) is 0.476. The molecule has 0 aromatic carbocycles. The third kappa shape index (κ3) is 3.21. The predicted molar refractivity (Wildman–Crippen MR) is 64.0 cm³/mol. The molecule has 0 aliphatic carbocycles. The van der Waals surface area contributed by atoms with Crippen molar-refractivity contribution in [1.82, 2.24) is 15.2 Å². The minimum atomic E-state index is -0.104. The molecule has 0 saturated heterocycles. The lowest BCUT2D eigenvalue weighted by Gasteiger charge is -2.04. The number of aromatic nitrogens is 3. The molecule has 2 aromatic heterocycles. The number of thiazole rings is 1. The van der Waals surface area contributed by atoms with Gasteiger partial charge in [0.1, 0.15) is 0 Å². The lowest BCUT2D eigenvalue weighted by atomic mass is 10.3. The van der Waals surface area contributed by atoms with E-state index in [4.69, 9.17) is 9.84 Å². The van der Waals surface area contributed by atoms with E-state index in [1.165, 1.54) is 4.88 Å². The molecule has 6 heteroatoms. The van der Waals surface area contributed by atoms with Crippen molar-refractivity contribution in [2.45, 2.75) is 20.0 Å². The number of rotatable bonds is 5. The van der Waals surface area contributed by atoms with E-state index in [1.807, 2.05) is 12.4 Å². The van der Waals surface area contributed by atoms with Crippen LogP contribution < -0.4 is 4.74 Å². The standard InChI is InChI=1S/C11H13N3O2S/c1-8-10(17-7-12-8)4-5-16-11-3-2-9(6-15)13-14-11/h2-3,7,15H,4-6H2,1H3. The van der Waals surface area contributed by atoms with Gasteiger partial charge >= 0.3 is 0 Å². The molecule has 0 bridgehead atoms. The fourth-order valence-electron chi connectivity index (χ4n) is 1.32. The number of aliphatic hydroxyl groups is 1. The Hall–Kier alpha value is -1.53. The molecule has 5 nitrogen and oxygen atoms in total. The Morgan fingerprint density at radius 3 is 2.82 bits per heavy atom. The van der Waals surface area contributed by atoms with E-state index in [1.54, 1.807) is 23.5 Å². The molecule has 0 aliphatic rings. The zero-order valence-corrected chi connectivity index (χ0v) is 10.3. The van der Waals surface area contributed by atoms with Crippen LogP contribution in [0.1, 0.15) is 16.3 Å². The first kappa shape index (κ1) is 11.9. The Kier molecular flexibility index (Phi) is 4.00. The fraction of sp³-hybridized carbons (Fsp3) is 0.364. The normalized spacial score (nSPS) is 10.5. The fourth-order valence-corrected chi connectivity index (χ4v) is 2.09. The Labute approximate surface area is 103 Å². The van der Waals surface area contributed by atoms with Crippen LogP contribution in [0, 0.1) is 6.92 Å². The third-order valence-electron chi connectivity index (χ3n) is 2.28. The quantitative estimate of drug-likeness (QED) is 0.869. The summed E-state index contributed by atoms with van der Waals surface area (Å²) >= 11 is 1.63. The van der Waals surface area contributed by atoms with Gasteiger partial charge in [-0.25, -0.2) is 4.98 Å². The van der Waals surface area contributed by atoms with E-state index in [0.717, 1.165) is 12.1 Å². The van der Waals surface area contributed by atoms with E-state index >= 15 is 0 Å². The van der Waals surface area contributed by atoms with Crippen LogP contribution in [0.5, 0.6) is 5.88 Å². The summed E-state index contributed by atoms with van der Waals surface area (Å²) < 4.78 is 5.46. The Balaban J connectivity index is 1.83. The molecule has 0 atom stereocenters. The van der Waals surface area contributed by atoms with Gasteiger partial charge in [-0.3, -0.25) is 0 Å². The maximum Gasteiger partial charge on any atom is 0.233 e. The molecule has 0 aliphatic heterocycles. The van der Waals surface area contributed by atoms with Crippen molar-refractivity contribution in [3.8, 4) is 5.88 Å². The molecule has 2 heterocycles. The summed E-state index contributed by atoms with van der Waals surface area (Å²) in [7, 11) is 0. The highest BCUT2D eigenvalue weighted by atomic mass is 32.1. The van der Waals surface area contributed by atoms with E-state index in [-0.39, 0.29) is 6.61 Å². The van der Waals surface area contributed by atoms with Crippen molar-refractivity contribution in [2.24, 2.45) is 0 Å². The smallest absolute Gasteiger partial charge is 0.233 e. The molecule has 0 amide bonds. The van der Waals surface area contributed by atoms with Gasteiger partial charge in [-0.2, -0.15) is 0 Å². The van der Waals surface area contributed by atoms with Gasteiger partial charge < -0.3 is 9.84 Å². The second-order valence-corrected chi connectivity index (χ2v) is 4.42. The monoisotopic (exact) mass is 251 g/mol. The minimum Gasteiger partial charge on any atom is -0.476 e. The second kappa shape index (κ2) is 5.70. The molecular weight excluding hydrogens is 238 g/mol. The van der Waals surface area contributed by atoms with E-state index in [9.17, 15) is 0 Å². The van der Waals surface area contributed by atoms with Crippen LogP contribution in [0.3, 0.4) is 0 Å². The lowest BCUT2D eigenvalue weighted by Crippen LogP contribution is -2.04. The zero-order chi connectivity index (χ0) is 12.1. The number of aliphatic hydroxyl groups excluding tert-OH is 1. The Morgan fingerprint density at radius 2 is 2.24 bits per heavy atom. The summed E-state index contributed by atoms with van der Waals surface area (Å²) in [4.78, 5) is 5.40. The largest absolute Gasteiger partial charge is 0.476 e. The molecule has 0 fully saturated rings. The average molecular weight is 251 g/mol. The summed E-state index contributed by atoms with van der Waals surface area (Å²) in [5.41, 5.74) is 3.43. The van der Waals surface area contributed by atoms with E-state index in [2.05, 4.69) is 15.2 Å². The number of aryl methyl sites for hydroxylation is 1. The van der Waals surface area contributed by atoms with Crippen LogP contribution in [0.4, 0.5) is 0 Å². The third-order valence-corrected chi connectivity index (χ3v) is 3.28. The van der Waals surface area contributed by atoms with Crippen molar-refractivity contribution >= 4 is 11.3 Å². The highest BCUT2D eigenvalue weighted by Gasteiger charge is 2.02. The van der Waals surface area contributed by atoms with Crippen molar-refractivity contribution in [3.63, 3.8) is 0 Å². The van der Waals surface area contributed by atoms with E-state index in [0.29, 0.717) is 18.2 Å². The summed E-state index contributed by atoms with van der Waals surface area (Å²) in [6.07, 6.45) is 0.819. The topological polar surface area (TPSA) is 68.1 Å².